The molecule has 5 heteroatoms. The summed E-state index contributed by atoms with van der Waals surface area (Å²) in [6.45, 7) is 6.42. The number of phenolic OH excluding ortho intramolecular Hbond substituents is 1. The smallest absolute Gasteiger partial charge is 0.120 e. The average Bonchev–Trinajstić information content (AvgIpc) is 2.38. The van der Waals surface area contributed by atoms with Crippen molar-refractivity contribution in [2.75, 3.05) is 26.2 Å². The molecule has 2 N–H and O–H groups in total. The first-order chi connectivity index (χ1) is 9.25. The molecule has 1 saturated carbocycles. The second-order valence-corrected chi connectivity index (χ2v) is 5.98. The van der Waals surface area contributed by atoms with E-state index in [0.717, 1.165) is 37.7 Å². The highest BCUT2D eigenvalue weighted by molar-refractivity contribution is 5.85. The van der Waals surface area contributed by atoms with Gasteiger partial charge in [0.15, 0.2) is 0 Å². The molecule has 0 amide bonds. The van der Waals surface area contributed by atoms with E-state index in [-0.39, 0.29) is 24.8 Å². The highest BCUT2D eigenvalue weighted by Crippen LogP contribution is 2.44. The summed E-state index contributed by atoms with van der Waals surface area (Å²) in [5.41, 5.74) is 2.39. The molecule has 3 nitrogen and oxygen atoms in total. The number of aryl methyl sites for hydroxylation is 1. The van der Waals surface area contributed by atoms with E-state index in [1.54, 1.807) is 0 Å². The first kappa shape index (κ1) is 18.6. The normalized spacial score (nSPS) is 20.8. The fourth-order valence-corrected chi connectivity index (χ4v) is 3.38. The van der Waals surface area contributed by atoms with Gasteiger partial charge in [-0.05, 0) is 31.7 Å². The Labute approximate surface area is 139 Å². The van der Waals surface area contributed by atoms with E-state index in [4.69, 9.17) is 0 Å². The molecule has 1 aliphatic carbocycles. The molecule has 0 radical (unpaired) electrons. The summed E-state index contributed by atoms with van der Waals surface area (Å²) in [6, 6.07) is 6.45. The van der Waals surface area contributed by atoms with E-state index in [9.17, 15) is 5.11 Å². The Morgan fingerprint density at radius 1 is 1.19 bits per heavy atom. The molecular formula is C16H26Cl2N2O. The Kier molecular flexibility index (Phi) is 7.28. The third kappa shape index (κ3) is 4.04. The zero-order valence-corrected chi connectivity index (χ0v) is 14.2. The lowest BCUT2D eigenvalue weighted by Crippen LogP contribution is -2.47. The number of nitrogens with zero attached hydrogens (tertiary/aromatic N) is 1. The van der Waals surface area contributed by atoms with Crippen molar-refractivity contribution in [3.05, 3.63) is 29.3 Å². The maximum Gasteiger partial charge on any atom is 0.120 e. The fraction of sp³-hybridized carbons (Fsp3) is 0.625. The molecule has 1 saturated heterocycles. The van der Waals surface area contributed by atoms with Crippen LogP contribution in [0.1, 0.15) is 36.4 Å². The third-order valence-electron chi connectivity index (χ3n) is 4.64. The van der Waals surface area contributed by atoms with Crippen LogP contribution in [0.4, 0.5) is 0 Å². The van der Waals surface area contributed by atoms with E-state index in [1.165, 1.54) is 24.8 Å². The maximum atomic E-state index is 10.3. The molecule has 0 spiro atoms. The van der Waals surface area contributed by atoms with Crippen molar-refractivity contribution in [3.63, 3.8) is 0 Å². The predicted molar refractivity (Wildman–Crippen MR) is 91.9 cm³/mol. The number of aromatic hydroxyl groups is 1. The number of halogens is 2. The average molecular weight is 333 g/mol. The van der Waals surface area contributed by atoms with Crippen molar-refractivity contribution in [2.45, 2.75) is 32.2 Å². The SMILES string of the molecule is Cc1ccc(O)c([C@@H](C2CCC2)N2CCNCC2)c1.Cl.Cl. The van der Waals surface area contributed by atoms with E-state index in [0.29, 0.717) is 11.8 Å². The van der Waals surface area contributed by atoms with Crippen LogP contribution in [0.25, 0.3) is 0 Å². The molecule has 2 fully saturated rings. The number of nitrogens with one attached hydrogen (secondary N) is 1. The molecule has 3 rings (SSSR count). The van der Waals surface area contributed by atoms with Gasteiger partial charge in [-0.1, -0.05) is 24.1 Å². The minimum atomic E-state index is 0. The van der Waals surface area contributed by atoms with Crippen molar-refractivity contribution < 1.29 is 5.11 Å². The molecule has 0 unspecified atom stereocenters. The van der Waals surface area contributed by atoms with E-state index >= 15 is 0 Å². The molecule has 1 aliphatic heterocycles. The van der Waals surface area contributed by atoms with Crippen molar-refractivity contribution in [1.82, 2.24) is 10.2 Å². The topological polar surface area (TPSA) is 35.5 Å². The van der Waals surface area contributed by atoms with Gasteiger partial charge in [0, 0.05) is 37.8 Å². The fourth-order valence-electron chi connectivity index (χ4n) is 3.38. The van der Waals surface area contributed by atoms with Gasteiger partial charge in [-0.15, -0.1) is 24.8 Å². The highest BCUT2D eigenvalue weighted by atomic mass is 35.5. The minimum absolute atomic E-state index is 0. The summed E-state index contributed by atoms with van der Waals surface area (Å²) in [6.07, 6.45) is 3.96. The van der Waals surface area contributed by atoms with Gasteiger partial charge in [-0.3, -0.25) is 4.90 Å². The quantitative estimate of drug-likeness (QED) is 0.891. The van der Waals surface area contributed by atoms with Gasteiger partial charge in [0.05, 0.1) is 0 Å². The van der Waals surface area contributed by atoms with Gasteiger partial charge < -0.3 is 10.4 Å². The number of benzene rings is 1. The molecule has 120 valence electrons. The van der Waals surface area contributed by atoms with Crippen LogP contribution in [0.3, 0.4) is 0 Å². The Hall–Kier alpha value is -0.480. The third-order valence-corrected chi connectivity index (χ3v) is 4.64. The van der Waals surface area contributed by atoms with Gasteiger partial charge in [0.25, 0.3) is 0 Å². The first-order valence-corrected chi connectivity index (χ1v) is 7.50. The van der Waals surface area contributed by atoms with Crippen LogP contribution in [0.2, 0.25) is 0 Å². The summed E-state index contributed by atoms with van der Waals surface area (Å²) in [5, 5.41) is 13.7. The van der Waals surface area contributed by atoms with Crippen LogP contribution < -0.4 is 5.32 Å². The Balaban J connectivity index is 0.00000110. The van der Waals surface area contributed by atoms with Gasteiger partial charge in [-0.2, -0.15) is 0 Å². The van der Waals surface area contributed by atoms with Crippen molar-refractivity contribution in [2.24, 2.45) is 5.92 Å². The minimum Gasteiger partial charge on any atom is -0.508 e. The molecule has 2 aliphatic rings. The van der Waals surface area contributed by atoms with Crippen LogP contribution >= 0.6 is 24.8 Å². The molecule has 1 heterocycles. The second-order valence-electron chi connectivity index (χ2n) is 5.98. The lowest BCUT2D eigenvalue weighted by atomic mass is 9.76. The second kappa shape index (κ2) is 8.23. The van der Waals surface area contributed by atoms with Crippen molar-refractivity contribution in [3.8, 4) is 5.75 Å². The van der Waals surface area contributed by atoms with Gasteiger partial charge >= 0.3 is 0 Å². The molecule has 1 aromatic rings. The first-order valence-electron chi connectivity index (χ1n) is 7.50. The number of hydrogen-bond acceptors (Lipinski definition) is 3. The van der Waals surface area contributed by atoms with Crippen LogP contribution in [0.15, 0.2) is 18.2 Å². The van der Waals surface area contributed by atoms with Crippen LogP contribution in [0, 0.1) is 12.8 Å². The van der Waals surface area contributed by atoms with Gasteiger partial charge in [0.2, 0.25) is 0 Å². The number of phenols is 1. The maximum absolute atomic E-state index is 10.3. The van der Waals surface area contributed by atoms with Crippen LogP contribution in [-0.2, 0) is 0 Å². The molecule has 21 heavy (non-hydrogen) atoms. The number of hydrogen-bond donors (Lipinski definition) is 2. The predicted octanol–water partition coefficient (Wildman–Crippen LogP) is 3.29. The standard InChI is InChI=1S/C16H24N2O.2ClH/c1-12-5-6-15(19)14(11-12)16(13-3-2-4-13)18-9-7-17-8-10-18;;/h5-6,11,13,16-17,19H,2-4,7-10H2,1H3;2*1H/t16-;;/m1../s1. The molecule has 1 aromatic carbocycles. The van der Waals surface area contributed by atoms with E-state index < -0.39 is 0 Å². The molecule has 1 atom stereocenters. The van der Waals surface area contributed by atoms with Gasteiger partial charge in [0.1, 0.15) is 5.75 Å². The van der Waals surface area contributed by atoms with Crippen molar-refractivity contribution >= 4 is 24.8 Å². The molecule has 0 aromatic heterocycles. The summed E-state index contributed by atoms with van der Waals surface area (Å²) in [7, 11) is 0. The molecule has 0 bridgehead atoms. The largest absolute Gasteiger partial charge is 0.508 e. The highest BCUT2D eigenvalue weighted by Gasteiger charge is 2.34. The van der Waals surface area contributed by atoms with Crippen LogP contribution in [-0.4, -0.2) is 36.2 Å². The number of piperazine rings is 1. The monoisotopic (exact) mass is 332 g/mol. The Bertz CT molecular complexity index is 446. The summed E-state index contributed by atoms with van der Waals surface area (Å²) in [4.78, 5) is 2.56. The Morgan fingerprint density at radius 2 is 1.86 bits per heavy atom. The summed E-state index contributed by atoms with van der Waals surface area (Å²) >= 11 is 0. The molecular weight excluding hydrogens is 307 g/mol. The zero-order chi connectivity index (χ0) is 13.2. The van der Waals surface area contributed by atoms with E-state index in [1.807, 2.05) is 12.1 Å². The Morgan fingerprint density at radius 3 is 2.43 bits per heavy atom. The summed E-state index contributed by atoms with van der Waals surface area (Å²) < 4.78 is 0. The lowest BCUT2D eigenvalue weighted by molar-refractivity contribution is 0.0819. The van der Waals surface area contributed by atoms with E-state index in [2.05, 4.69) is 23.2 Å². The van der Waals surface area contributed by atoms with Gasteiger partial charge in [-0.25, -0.2) is 0 Å². The lowest BCUT2D eigenvalue weighted by Gasteiger charge is -2.43. The van der Waals surface area contributed by atoms with Crippen molar-refractivity contribution in [1.29, 1.82) is 0 Å². The van der Waals surface area contributed by atoms with Crippen LogP contribution in [0.5, 0.6) is 5.75 Å². The number of rotatable bonds is 3. The summed E-state index contributed by atoms with van der Waals surface area (Å²) in [5.74, 6) is 1.20. The zero-order valence-electron chi connectivity index (χ0n) is 12.5.